The summed E-state index contributed by atoms with van der Waals surface area (Å²) in [4.78, 5) is 0. The first-order valence-electron chi connectivity index (χ1n) is 4.57. The van der Waals surface area contributed by atoms with Crippen LogP contribution in [0.2, 0.25) is 0 Å². The average Bonchev–Trinajstić information content (AvgIpc) is 2.14. The molecular formula is C11H11F4N. The zero-order chi connectivity index (χ0) is 12.5. The molecule has 0 heterocycles. The van der Waals surface area contributed by atoms with E-state index in [9.17, 15) is 17.6 Å². The Hall–Kier alpha value is -1.36. The molecule has 0 unspecified atom stereocenters. The maximum absolute atomic E-state index is 13.3. The summed E-state index contributed by atoms with van der Waals surface area (Å²) < 4.78 is 52.2. The maximum atomic E-state index is 13.3. The number of hydrogen-bond acceptors (Lipinski definition) is 1. The van der Waals surface area contributed by atoms with E-state index in [-0.39, 0.29) is 12.5 Å². The Labute approximate surface area is 90.6 Å². The normalized spacial score (nSPS) is 12.6. The van der Waals surface area contributed by atoms with Crippen LogP contribution in [0.15, 0.2) is 18.2 Å². The maximum Gasteiger partial charge on any atom is 0.166 e. The van der Waals surface area contributed by atoms with E-state index < -0.39 is 34.9 Å². The average molecular weight is 233 g/mol. The topological polar surface area (TPSA) is 26.0 Å². The van der Waals surface area contributed by atoms with Gasteiger partial charge in [0.15, 0.2) is 23.3 Å². The van der Waals surface area contributed by atoms with Gasteiger partial charge in [0.25, 0.3) is 0 Å². The van der Waals surface area contributed by atoms with Gasteiger partial charge in [-0.1, -0.05) is 5.57 Å². The highest BCUT2D eigenvalue weighted by Gasteiger charge is 2.23. The molecule has 1 rings (SSSR count). The van der Waals surface area contributed by atoms with Gasteiger partial charge in [-0.2, -0.15) is 0 Å². The van der Waals surface area contributed by atoms with Crippen LogP contribution in [0, 0.1) is 23.3 Å². The number of benzene rings is 1. The van der Waals surface area contributed by atoms with E-state index in [1.807, 2.05) is 0 Å². The number of halogens is 4. The first-order chi connectivity index (χ1) is 7.34. The third-order valence-electron chi connectivity index (χ3n) is 2.08. The van der Waals surface area contributed by atoms with Crippen molar-refractivity contribution in [1.82, 2.24) is 0 Å². The molecule has 16 heavy (non-hydrogen) atoms. The van der Waals surface area contributed by atoms with Gasteiger partial charge in [0.2, 0.25) is 0 Å². The smallest absolute Gasteiger partial charge is 0.166 e. The second kappa shape index (κ2) is 4.65. The fraction of sp³-hybridized carbons (Fsp3) is 0.273. The fourth-order valence-corrected chi connectivity index (χ4v) is 1.39. The van der Waals surface area contributed by atoms with Crippen LogP contribution in [0.3, 0.4) is 0 Å². The van der Waals surface area contributed by atoms with Crippen molar-refractivity contribution in [3.63, 3.8) is 0 Å². The molecule has 0 radical (unpaired) electrons. The molecule has 1 atom stereocenters. The first kappa shape index (κ1) is 12.7. The van der Waals surface area contributed by atoms with Crippen molar-refractivity contribution >= 4 is 0 Å². The van der Waals surface area contributed by atoms with Crippen LogP contribution in [0.4, 0.5) is 17.6 Å². The van der Waals surface area contributed by atoms with Crippen molar-refractivity contribution in [2.24, 2.45) is 5.73 Å². The van der Waals surface area contributed by atoms with Gasteiger partial charge in [-0.3, -0.25) is 0 Å². The van der Waals surface area contributed by atoms with E-state index >= 15 is 0 Å². The molecule has 0 spiro atoms. The summed E-state index contributed by atoms with van der Waals surface area (Å²) in [7, 11) is 0. The predicted octanol–water partition coefficient (Wildman–Crippen LogP) is 3.21. The third-order valence-corrected chi connectivity index (χ3v) is 2.08. The van der Waals surface area contributed by atoms with Gasteiger partial charge in [-0.05, 0) is 13.3 Å². The summed E-state index contributed by atoms with van der Waals surface area (Å²) >= 11 is 0. The predicted molar refractivity (Wildman–Crippen MR) is 52.6 cm³/mol. The van der Waals surface area contributed by atoms with Crippen molar-refractivity contribution in [2.45, 2.75) is 19.4 Å². The lowest BCUT2D eigenvalue weighted by atomic mass is 9.99. The van der Waals surface area contributed by atoms with Crippen LogP contribution in [0.1, 0.15) is 24.9 Å². The second-order valence-corrected chi connectivity index (χ2v) is 3.65. The molecule has 88 valence electrons. The van der Waals surface area contributed by atoms with Crippen LogP contribution in [0.25, 0.3) is 0 Å². The van der Waals surface area contributed by atoms with Crippen molar-refractivity contribution < 1.29 is 17.6 Å². The third kappa shape index (κ3) is 2.41. The minimum atomic E-state index is -1.45. The molecule has 0 amide bonds. The Kier molecular flexibility index (Phi) is 3.70. The summed E-state index contributed by atoms with van der Waals surface area (Å²) in [5.74, 6) is -5.81. The molecule has 0 aromatic heterocycles. The molecule has 0 aliphatic heterocycles. The molecule has 0 aliphatic carbocycles. The summed E-state index contributed by atoms with van der Waals surface area (Å²) in [6.45, 7) is 5.11. The van der Waals surface area contributed by atoms with Crippen LogP contribution in [0.5, 0.6) is 0 Å². The van der Waals surface area contributed by atoms with Crippen LogP contribution < -0.4 is 5.73 Å². The zero-order valence-electron chi connectivity index (χ0n) is 8.66. The highest BCUT2D eigenvalue weighted by Crippen LogP contribution is 2.27. The molecule has 0 fully saturated rings. The lowest BCUT2D eigenvalue weighted by molar-refractivity contribution is 0.426. The molecule has 2 N–H and O–H groups in total. The fourth-order valence-electron chi connectivity index (χ4n) is 1.39. The molecule has 1 aromatic rings. The van der Waals surface area contributed by atoms with Crippen molar-refractivity contribution in [3.8, 4) is 0 Å². The Morgan fingerprint density at radius 1 is 1.25 bits per heavy atom. The Bertz CT molecular complexity index is 402. The van der Waals surface area contributed by atoms with Crippen LogP contribution >= 0.6 is 0 Å². The van der Waals surface area contributed by atoms with Gasteiger partial charge in [-0.25, -0.2) is 17.6 Å². The first-order valence-corrected chi connectivity index (χ1v) is 4.57. The molecule has 0 saturated heterocycles. The van der Waals surface area contributed by atoms with E-state index in [1.54, 1.807) is 6.92 Å². The Balaban J connectivity index is 3.26. The second-order valence-electron chi connectivity index (χ2n) is 3.65. The summed E-state index contributed by atoms with van der Waals surface area (Å²) in [5, 5.41) is 0. The highest BCUT2D eigenvalue weighted by atomic mass is 19.2. The van der Waals surface area contributed by atoms with Crippen LogP contribution in [-0.2, 0) is 0 Å². The lowest BCUT2D eigenvalue weighted by Crippen LogP contribution is -2.16. The van der Waals surface area contributed by atoms with Gasteiger partial charge >= 0.3 is 0 Å². The summed E-state index contributed by atoms with van der Waals surface area (Å²) in [5.41, 5.74) is 5.25. The standard InChI is InChI=1S/C11H11F4N/c1-5(2)3-8(16)9-10(14)6(12)4-7(13)11(9)15/h4,8H,1,3,16H2,2H3/t8-/m0/s1. The minimum absolute atomic E-state index is 0.0523. The van der Waals surface area contributed by atoms with Gasteiger partial charge < -0.3 is 5.73 Å². The molecule has 0 saturated carbocycles. The zero-order valence-corrected chi connectivity index (χ0v) is 8.66. The number of nitrogens with two attached hydrogens (primary N) is 1. The van der Waals surface area contributed by atoms with E-state index in [2.05, 4.69) is 6.58 Å². The number of rotatable bonds is 3. The molecule has 5 heteroatoms. The van der Waals surface area contributed by atoms with E-state index in [0.717, 1.165) is 0 Å². The summed E-state index contributed by atoms with van der Waals surface area (Å²) in [6.07, 6.45) is 0.0523. The van der Waals surface area contributed by atoms with Gasteiger partial charge in [0.05, 0.1) is 0 Å². The van der Waals surface area contributed by atoms with Gasteiger partial charge in [0, 0.05) is 17.7 Å². The SMILES string of the molecule is C=C(C)C[C@H](N)c1c(F)c(F)cc(F)c1F. The molecular weight excluding hydrogens is 222 g/mol. The van der Waals surface area contributed by atoms with Gasteiger partial charge in [0.1, 0.15) is 0 Å². The largest absolute Gasteiger partial charge is 0.323 e. The monoisotopic (exact) mass is 233 g/mol. The molecule has 0 bridgehead atoms. The van der Waals surface area contributed by atoms with Crippen molar-refractivity contribution in [1.29, 1.82) is 0 Å². The molecule has 1 nitrogen and oxygen atoms in total. The molecule has 0 aliphatic rings. The highest BCUT2D eigenvalue weighted by molar-refractivity contribution is 5.26. The molecule has 1 aromatic carbocycles. The van der Waals surface area contributed by atoms with Crippen molar-refractivity contribution in [2.75, 3.05) is 0 Å². The Morgan fingerprint density at radius 3 is 2.06 bits per heavy atom. The quantitative estimate of drug-likeness (QED) is 0.484. The summed E-state index contributed by atoms with van der Waals surface area (Å²) in [6, 6.07) is -0.996. The van der Waals surface area contributed by atoms with E-state index in [0.29, 0.717) is 5.57 Å². The Morgan fingerprint density at radius 2 is 1.69 bits per heavy atom. The van der Waals surface area contributed by atoms with E-state index in [4.69, 9.17) is 5.73 Å². The van der Waals surface area contributed by atoms with E-state index in [1.165, 1.54) is 0 Å². The van der Waals surface area contributed by atoms with Crippen LogP contribution in [-0.4, -0.2) is 0 Å². The minimum Gasteiger partial charge on any atom is -0.323 e. The van der Waals surface area contributed by atoms with Crippen molar-refractivity contribution in [3.05, 3.63) is 47.1 Å². The number of hydrogen-bond donors (Lipinski definition) is 1. The lowest BCUT2D eigenvalue weighted by Gasteiger charge is -2.14. The van der Waals surface area contributed by atoms with Gasteiger partial charge in [-0.15, -0.1) is 6.58 Å².